The van der Waals surface area contributed by atoms with E-state index in [1.807, 2.05) is 91.0 Å². The Morgan fingerprint density at radius 1 is 0.609 bits per heavy atom. The second-order valence-corrected chi connectivity index (χ2v) is 5.06. The molecule has 0 unspecified atom stereocenters. The molecule has 3 nitrogen and oxygen atoms in total. The van der Waals surface area contributed by atoms with Gasteiger partial charge in [0.25, 0.3) is 0 Å². The van der Waals surface area contributed by atoms with Gasteiger partial charge in [0, 0.05) is 0 Å². The van der Waals surface area contributed by atoms with Gasteiger partial charge in [-0.3, -0.25) is 0 Å². The lowest BCUT2D eigenvalue weighted by Crippen LogP contribution is -1.98. The van der Waals surface area contributed by atoms with Crippen LogP contribution in [0.1, 0.15) is 22.5 Å². The maximum Gasteiger partial charge on any atom is 0.221 e. The molecular formula is C20H17N3. The molecule has 2 aromatic carbocycles. The van der Waals surface area contributed by atoms with Crippen LogP contribution < -0.4 is 5.73 Å². The van der Waals surface area contributed by atoms with Crippen molar-refractivity contribution >= 4 is 30.3 Å². The summed E-state index contributed by atoms with van der Waals surface area (Å²) >= 11 is 0. The number of nitrogens with two attached hydrogens (primary N) is 1. The summed E-state index contributed by atoms with van der Waals surface area (Å²) in [5, 5.41) is 0. The summed E-state index contributed by atoms with van der Waals surface area (Å²) in [4.78, 5) is 8.50. The minimum Gasteiger partial charge on any atom is -0.368 e. The first-order chi connectivity index (χ1) is 11.3. The molecule has 1 aromatic heterocycles. The van der Waals surface area contributed by atoms with Crippen LogP contribution in [-0.4, -0.2) is 9.97 Å². The second kappa shape index (κ2) is 7.18. The van der Waals surface area contributed by atoms with Crippen molar-refractivity contribution in [3.05, 3.63) is 89.2 Å². The van der Waals surface area contributed by atoms with Crippen molar-refractivity contribution in [3.8, 4) is 0 Å². The average molecular weight is 299 g/mol. The molecule has 0 spiro atoms. The molecule has 2 N–H and O–H groups in total. The Morgan fingerprint density at radius 3 is 1.48 bits per heavy atom. The summed E-state index contributed by atoms with van der Waals surface area (Å²) in [5.74, 6) is 0.271. The van der Waals surface area contributed by atoms with Crippen LogP contribution in [0.5, 0.6) is 0 Å². The van der Waals surface area contributed by atoms with E-state index in [2.05, 4.69) is 9.97 Å². The quantitative estimate of drug-likeness (QED) is 0.777. The van der Waals surface area contributed by atoms with Gasteiger partial charge in [-0.15, -0.1) is 0 Å². The third-order valence-corrected chi connectivity index (χ3v) is 3.28. The van der Waals surface area contributed by atoms with Crippen LogP contribution in [0.4, 0.5) is 5.95 Å². The van der Waals surface area contributed by atoms with Crippen LogP contribution in [-0.2, 0) is 0 Å². The van der Waals surface area contributed by atoms with Gasteiger partial charge in [-0.25, -0.2) is 9.97 Å². The van der Waals surface area contributed by atoms with Crippen LogP contribution in [0.25, 0.3) is 24.3 Å². The standard InChI is InChI=1S/C20H17N3/c21-20-22-18(13-11-16-7-3-1-4-8-16)15-19(23-20)14-12-17-9-5-2-6-10-17/h1-15H,(H2,21,22,23)/b13-11+,14-12+. The Labute approximate surface area is 135 Å². The van der Waals surface area contributed by atoms with Crippen molar-refractivity contribution in [2.75, 3.05) is 5.73 Å². The lowest BCUT2D eigenvalue weighted by atomic mass is 10.2. The Morgan fingerprint density at radius 2 is 1.04 bits per heavy atom. The van der Waals surface area contributed by atoms with E-state index in [0.717, 1.165) is 22.5 Å². The number of benzene rings is 2. The van der Waals surface area contributed by atoms with E-state index in [-0.39, 0.29) is 5.95 Å². The largest absolute Gasteiger partial charge is 0.368 e. The van der Waals surface area contributed by atoms with Crippen molar-refractivity contribution < 1.29 is 0 Å². The van der Waals surface area contributed by atoms with E-state index < -0.39 is 0 Å². The summed E-state index contributed by atoms with van der Waals surface area (Å²) < 4.78 is 0. The lowest BCUT2D eigenvalue weighted by molar-refractivity contribution is 1.15. The van der Waals surface area contributed by atoms with Gasteiger partial charge in [0.15, 0.2) is 0 Å². The molecule has 3 rings (SSSR count). The molecule has 0 aliphatic carbocycles. The number of hydrogen-bond acceptors (Lipinski definition) is 3. The first kappa shape index (κ1) is 14.7. The highest BCUT2D eigenvalue weighted by Gasteiger charge is 1.98. The van der Waals surface area contributed by atoms with Crippen LogP contribution in [0, 0.1) is 0 Å². The molecule has 0 atom stereocenters. The molecule has 0 amide bonds. The minimum atomic E-state index is 0.271. The highest BCUT2D eigenvalue weighted by Crippen LogP contribution is 2.11. The van der Waals surface area contributed by atoms with Gasteiger partial charge in [0.2, 0.25) is 5.95 Å². The highest BCUT2D eigenvalue weighted by molar-refractivity contribution is 5.72. The maximum absolute atomic E-state index is 5.81. The predicted octanol–water partition coefficient (Wildman–Crippen LogP) is 4.40. The summed E-state index contributed by atoms with van der Waals surface area (Å²) in [6, 6.07) is 22.1. The summed E-state index contributed by atoms with van der Waals surface area (Å²) in [6.07, 6.45) is 7.89. The number of nitrogen functional groups attached to an aromatic ring is 1. The maximum atomic E-state index is 5.81. The van der Waals surface area contributed by atoms with Gasteiger partial charge < -0.3 is 5.73 Å². The topological polar surface area (TPSA) is 51.8 Å². The van der Waals surface area contributed by atoms with Gasteiger partial charge in [-0.2, -0.15) is 0 Å². The van der Waals surface area contributed by atoms with E-state index in [1.165, 1.54) is 0 Å². The number of rotatable bonds is 4. The average Bonchev–Trinajstić information content (AvgIpc) is 2.60. The Kier molecular flexibility index (Phi) is 4.60. The van der Waals surface area contributed by atoms with Crippen molar-refractivity contribution in [3.63, 3.8) is 0 Å². The fraction of sp³-hybridized carbons (Fsp3) is 0. The molecule has 0 aliphatic rings. The zero-order chi connectivity index (χ0) is 15.9. The highest BCUT2D eigenvalue weighted by atomic mass is 15.0. The molecule has 112 valence electrons. The SMILES string of the molecule is Nc1nc(/C=C/c2ccccc2)cc(/C=C/c2ccccc2)n1. The lowest BCUT2D eigenvalue weighted by Gasteiger charge is -1.99. The zero-order valence-electron chi connectivity index (χ0n) is 12.6. The molecule has 3 heteroatoms. The second-order valence-electron chi connectivity index (χ2n) is 5.06. The number of hydrogen-bond donors (Lipinski definition) is 1. The molecule has 0 radical (unpaired) electrons. The predicted molar refractivity (Wildman–Crippen MR) is 97.2 cm³/mol. The zero-order valence-corrected chi connectivity index (χ0v) is 12.6. The van der Waals surface area contributed by atoms with Gasteiger partial charge in [-0.1, -0.05) is 72.8 Å². The smallest absolute Gasteiger partial charge is 0.221 e. The summed E-state index contributed by atoms with van der Waals surface area (Å²) in [5.41, 5.74) is 9.61. The van der Waals surface area contributed by atoms with Crippen molar-refractivity contribution in [1.82, 2.24) is 9.97 Å². The third-order valence-electron chi connectivity index (χ3n) is 3.28. The van der Waals surface area contributed by atoms with E-state index in [1.54, 1.807) is 0 Å². The number of nitrogens with zero attached hydrogens (tertiary/aromatic N) is 2. The van der Waals surface area contributed by atoms with E-state index in [0.29, 0.717) is 0 Å². The van der Waals surface area contributed by atoms with Crippen LogP contribution >= 0.6 is 0 Å². The Balaban J connectivity index is 1.82. The van der Waals surface area contributed by atoms with Gasteiger partial charge >= 0.3 is 0 Å². The van der Waals surface area contributed by atoms with E-state index in [4.69, 9.17) is 5.73 Å². The Bertz CT molecular complexity index is 754. The molecule has 23 heavy (non-hydrogen) atoms. The van der Waals surface area contributed by atoms with Crippen molar-refractivity contribution in [2.45, 2.75) is 0 Å². The molecule has 0 bridgehead atoms. The summed E-state index contributed by atoms with van der Waals surface area (Å²) in [7, 11) is 0. The molecule has 0 fully saturated rings. The normalized spacial score (nSPS) is 11.3. The van der Waals surface area contributed by atoms with Crippen LogP contribution in [0.2, 0.25) is 0 Å². The Hall–Kier alpha value is -3.20. The van der Waals surface area contributed by atoms with Crippen molar-refractivity contribution in [2.24, 2.45) is 0 Å². The molecule has 0 aliphatic heterocycles. The molecule has 0 saturated heterocycles. The fourth-order valence-electron chi connectivity index (χ4n) is 2.17. The van der Waals surface area contributed by atoms with Crippen molar-refractivity contribution in [1.29, 1.82) is 0 Å². The van der Waals surface area contributed by atoms with E-state index >= 15 is 0 Å². The molecule has 3 aromatic rings. The third kappa shape index (κ3) is 4.38. The van der Waals surface area contributed by atoms with Gasteiger partial charge in [0.1, 0.15) is 0 Å². The fourth-order valence-corrected chi connectivity index (χ4v) is 2.17. The number of anilines is 1. The minimum absolute atomic E-state index is 0.271. The van der Waals surface area contributed by atoms with Crippen LogP contribution in [0.15, 0.2) is 66.7 Å². The monoisotopic (exact) mass is 299 g/mol. The van der Waals surface area contributed by atoms with E-state index in [9.17, 15) is 0 Å². The molecule has 0 saturated carbocycles. The molecular weight excluding hydrogens is 282 g/mol. The number of aromatic nitrogens is 2. The van der Waals surface area contributed by atoms with Gasteiger partial charge in [0.05, 0.1) is 11.4 Å². The first-order valence-electron chi connectivity index (χ1n) is 7.40. The summed E-state index contributed by atoms with van der Waals surface area (Å²) in [6.45, 7) is 0. The van der Waals surface area contributed by atoms with Crippen LogP contribution in [0.3, 0.4) is 0 Å². The first-order valence-corrected chi connectivity index (χ1v) is 7.40. The van der Waals surface area contributed by atoms with Gasteiger partial charge in [-0.05, 0) is 29.3 Å². The molecule has 1 heterocycles.